The van der Waals surface area contributed by atoms with Crippen LogP contribution in [0.2, 0.25) is 0 Å². The molecule has 0 saturated heterocycles. The van der Waals surface area contributed by atoms with Crippen LogP contribution < -0.4 is 10.5 Å². The SMILES string of the molecule is CCN1C(=O)/C(=C/c2nc3ccccc3c(=O)n2C)c2cc(Br)ccc21. The van der Waals surface area contributed by atoms with Crippen LogP contribution in [-0.4, -0.2) is 22.0 Å². The lowest BCUT2D eigenvalue weighted by Crippen LogP contribution is -2.26. The Morgan fingerprint density at radius 2 is 1.92 bits per heavy atom. The molecule has 1 aromatic heterocycles. The summed E-state index contributed by atoms with van der Waals surface area (Å²) in [6.45, 7) is 2.52. The quantitative estimate of drug-likeness (QED) is 0.607. The van der Waals surface area contributed by atoms with Gasteiger partial charge in [0.2, 0.25) is 0 Å². The molecule has 4 rings (SSSR count). The first-order valence-corrected chi connectivity index (χ1v) is 9.10. The van der Waals surface area contributed by atoms with Gasteiger partial charge in [-0.3, -0.25) is 14.2 Å². The van der Waals surface area contributed by atoms with Crippen LogP contribution in [0.5, 0.6) is 0 Å². The van der Waals surface area contributed by atoms with Crippen molar-refractivity contribution < 1.29 is 4.79 Å². The highest BCUT2D eigenvalue weighted by molar-refractivity contribution is 9.10. The van der Waals surface area contributed by atoms with Crippen molar-refractivity contribution in [2.45, 2.75) is 6.92 Å². The fourth-order valence-corrected chi connectivity index (χ4v) is 3.64. The van der Waals surface area contributed by atoms with Crippen LogP contribution in [0.1, 0.15) is 18.3 Å². The van der Waals surface area contributed by atoms with Gasteiger partial charge in [-0.25, -0.2) is 4.98 Å². The molecule has 26 heavy (non-hydrogen) atoms. The van der Waals surface area contributed by atoms with Crippen molar-refractivity contribution in [3.63, 3.8) is 0 Å². The van der Waals surface area contributed by atoms with E-state index in [2.05, 4.69) is 20.9 Å². The van der Waals surface area contributed by atoms with E-state index in [1.165, 1.54) is 4.57 Å². The zero-order valence-corrected chi connectivity index (χ0v) is 15.9. The number of amides is 1. The summed E-state index contributed by atoms with van der Waals surface area (Å²) in [6, 6.07) is 13.0. The molecule has 1 aliphatic heterocycles. The Labute approximate surface area is 158 Å². The predicted octanol–water partition coefficient (Wildman–Crippen LogP) is 3.60. The van der Waals surface area contributed by atoms with Crippen molar-refractivity contribution in [1.82, 2.24) is 9.55 Å². The van der Waals surface area contributed by atoms with Crippen LogP contribution in [-0.2, 0) is 11.8 Å². The molecular weight excluding hydrogens is 394 g/mol. The van der Waals surface area contributed by atoms with Crippen LogP contribution in [0.3, 0.4) is 0 Å². The number of benzene rings is 2. The number of aromatic nitrogens is 2. The van der Waals surface area contributed by atoms with E-state index in [0.717, 1.165) is 15.7 Å². The molecule has 0 saturated carbocycles. The van der Waals surface area contributed by atoms with Crippen molar-refractivity contribution in [3.05, 3.63) is 68.7 Å². The molecule has 0 spiro atoms. The van der Waals surface area contributed by atoms with Gasteiger partial charge < -0.3 is 4.90 Å². The number of carbonyl (C=O) groups is 1. The smallest absolute Gasteiger partial charge is 0.261 e. The standard InChI is InChI=1S/C20H16BrN3O2/c1-3-24-17-9-8-12(21)10-14(17)15(20(24)26)11-18-22-16-7-5-4-6-13(16)19(25)23(18)2/h4-11H,3H2,1-2H3/b15-11+. The van der Waals surface area contributed by atoms with Crippen molar-refractivity contribution in [2.75, 3.05) is 11.4 Å². The number of para-hydroxylation sites is 1. The molecule has 3 aromatic rings. The van der Waals surface area contributed by atoms with Gasteiger partial charge >= 0.3 is 0 Å². The van der Waals surface area contributed by atoms with Crippen molar-refractivity contribution in [1.29, 1.82) is 0 Å². The normalized spacial score (nSPS) is 15.1. The maximum absolute atomic E-state index is 12.9. The van der Waals surface area contributed by atoms with E-state index in [4.69, 9.17) is 0 Å². The van der Waals surface area contributed by atoms with Gasteiger partial charge in [0.15, 0.2) is 0 Å². The average molecular weight is 410 g/mol. The van der Waals surface area contributed by atoms with Gasteiger partial charge in [-0.2, -0.15) is 0 Å². The summed E-state index contributed by atoms with van der Waals surface area (Å²) in [5, 5.41) is 0.563. The summed E-state index contributed by atoms with van der Waals surface area (Å²) in [5.41, 5.74) is 2.75. The number of halogens is 1. The van der Waals surface area contributed by atoms with Gasteiger partial charge in [0.05, 0.1) is 22.2 Å². The first kappa shape index (κ1) is 16.7. The fourth-order valence-electron chi connectivity index (χ4n) is 3.28. The number of likely N-dealkylation sites (N-methyl/N-ethyl adjacent to an activating group) is 1. The third kappa shape index (κ3) is 2.49. The zero-order chi connectivity index (χ0) is 18.4. The lowest BCUT2D eigenvalue weighted by atomic mass is 10.1. The van der Waals surface area contributed by atoms with Gasteiger partial charge in [-0.05, 0) is 43.3 Å². The van der Waals surface area contributed by atoms with E-state index in [1.807, 2.05) is 37.3 Å². The van der Waals surface area contributed by atoms with Gasteiger partial charge in [0.1, 0.15) is 5.82 Å². The second kappa shape index (κ2) is 6.21. The maximum Gasteiger partial charge on any atom is 0.261 e. The number of nitrogens with zero attached hydrogens (tertiary/aromatic N) is 3. The summed E-state index contributed by atoms with van der Waals surface area (Å²) in [7, 11) is 1.67. The molecule has 2 heterocycles. The van der Waals surface area contributed by atoms with Gasteiger partial charge in [0.25, 0.3) is 11.5 Å². The number of fused-ring (bicyclic) bond motifs is 2. The molecule has 130 valence electrons. The monoisotopic (exact) mass is 409 g/mol. The second-order valence-electron chi connectivity index (χ2n) is 6.12. The molecule has 0 radical (unpaired) electrons. The minimum Gasteiger partial charge on any atom is -0.308 e. The van der Waals surface area contributed by atoms with Crippen molar-refractivity contribution >= 4 is 50.1 Å². The number of hydrogen-bond acceptors (Lipinski definition) is 3. The maximum atomic E-state index is 12.9. The molecule has 1 amide bonds. The molecule has 1 aliphatic rings. The van der Waals surface area contributed by atoms with Gasteiger partial charge in [-0.15, -0.1) is 0 Å². The summed E-state index contributed by atoms with van der Waals surface area (Å²) in [4.78, 5) is 31.8. The number of rotatable bonds is 2. The number of anilines is 1. The van der Waals surface area contributed by atoms with Gasteiger partial charge in [-0.1, -0.05) is 28.1 Å². The fraction of sp³-hybridized carbons (Fsp3) is 0.150. The molecule has 2 aromatic carbocycles. The summed E-state index contributed by atoms with van der Waals surface area (Å²) in [5.74, 6) is 0.379. The molecule has 0 N–H and O–H groups in total. The Kier molecular flexibility index (Phi) is 4.00. The van der Waals surface area contributed by atoms with E-state index in [-0.39, 0.29) is 11.5 Å². The summed E-state index contributed by atoms with van der Waals surface area (Å²) in [6.07, 6.45) is 1.71. The van der Waals surface area contributed by atoms with E-state index in [1.54, 1.807) is 30.2 Å². The third-order valence-electron chi connectivity index (χ3n) is 4.62. The molecule has 0 bridgehead atoms. The topological polar surface area (TPSA) is 55.2 Å². The molecule has 0 aliphatic carbocycles. The first-order chi connectivity index (χ1) is 12.5. The van der Waals surface area contributed by atoms with E-state index >= 15 is 0 Å². The van der Waals surface area contributed by atoms with Crippen LogP contribution in [0, 0.1) is 0 Å². The molecule has 0 fully saturated rings. The molecule has 6 heteroatoms. The zero-order valence-electron chi connectivity index (χ0n) is 14.4. The van der Waals surface area contributed by atoms with E-state index in [9.17, 15) is 9.59 Å². The minimum atomic E-state index is -0.130. The highest BCUT2D eigenvalue weighted by Gasteiger charge is 2.31. The van der Waals surface area contributed by atoms with E-state index < -0.39 is 0 Å². The highest BCUT2D eigenvalue weighted by Crippen LogP contribution is 2.39. The van der Waals surface area contributed by atoms with Crippen LogP contribution in [0.25, 0.3) is 22.6 Å². The largest absolute Gasteiger partial charge is 0.308 e. The van der Waals surface area contributed by atoms with E-state index in [0.29, 0.717) is 28.8 Å². The summed E-state index contributed by atoms with van der Waals surface area (Å²) < 4.78 is 2.38. The Bertz CT molecular complexity index is 1150. The number of carbonyl (C=O) groups excluding carboxylic acids is 1. The lowest BCUT2D eigenvalue weighted by molar-refractivity contribution is -0.112. The van der Waals surface area contributed by atoms with Crippen LogP contribution >= 0.6 is 15.9 Å². The van der Waals surface area contributed by atoms with Crippen LogP contribution in [0.15, 0.2) is 51.7 Å². The summed E-state index contributed by atoms with van der Waals surface area (Å²) >= 11 is 3.47. The Morgan fingerprint density at radius 3 is 2.69 bits per heavy atom. The lowest BCUT2D eigenvalue weighted by Gasteiger charge is -2.13. The first-order valence-electron chi connectivity index (χ1n) is 8.30. The second-order valence-corrected chi connectivity index (χ2v) is 7.04. The molecule has 5 nitrogen and oxygen atoms in total. The van der Waals surface area contributed by atoms with Gasteiger partial charge in [0, 0.05) is 23.6 Å². The average Bonchev–Trinajstić information content (AvgIpc) is 2.90. The van der Waals surface area contributed by atoms with Crippen molar-refractivity contribution in [2.24, 2.45) is 7.05 Å². The molecular formula is C20H16BrN3O2. The Morgan fingerprint density at radius 1 is 1.15 bits per heavy atom. The highest BCUT2D eigenvalue weighted by atomic mass is 79.9. The van der Waals surface area contributed by atoms with Crippen molar-refractivity contribution in [3.8, 4) is 0 Å². The minimum absolute atomic E-state index is 0.0805. The van der Waals surface area contributed by atoms with Crippen LogP contribution in [0.4, 0.5) is 5.69 Å². The third-order valence-corrected chi connectivity index (χ3v) is 5.12. The molecule has 0 unspecified atom stereocenters. The predicted molar refractivity (Wildman–Crippen MR) is 107 cm³/mol. The molecule has 0 atom stereocenters. The number of hydrogen-bond donors (Lipinski definition) is 0. The Balaban J connectivity index is 1.96. The Hall–Kier alpha value is -2.73.